The van der Waals surface area contributed by atoms with Gasteiger partial charge in [0.1, 0.15) is 17.2 Å². The molecule has 0 N–H and O–H groups in total. The fourth-order valence-electron chi connectivity index (χ4n) is 3.37. The zero-order valence-electron chi connectivity index (χ0n) is 18.1. The zero-order valence-corrected chi connectivity index (χ0v) is 19.0. The number of hydrogen-bond acceptors (Lipinski definition) is 6. The van der Waals surface area contributed by atoms with Crippen LogP contribution in [0.5, 0.6) is 17.2 Å². The molecule has 0 heterocycles. The predicted molar refractivity (Wildman–Crippen MR) is 117 cm³/mol. The highest BCUT2D eigenvalue weighted by atomic mass is 31.1. The second-order valence-corrected chi connectivity index (χ2v) is 8.26. The van der Waals surface area contributed by atoms with Gasteiger partial charge in [0, 0.05) is 17.7 Å². The van der Waals surface area contributed by atoms with Crippen LogP contribution in [0.2, 0.25) is 0 Å². The second-order valence-electron chi connectivity index (χ2n) is 6.65. The van der Waals surface area contributed by atoms with Crippen LogP contribution in [0.15, 0.2) is 30.3 Å². The smallest absolute Gasteiger partial charge is 0.420 e. The van der Waals surface area contributed by atoms with E-state index in [0.717, 1.165) is 24.0 Å². The van der Waals surface area contributed by atoms with Crippen LogP contribution in [0.4, 0.5) is 0 Å². The van der Waals surface area contributed by atoms with Gasteiger partial charge in [0.05, 0.1) is 27.8 Å². The first-order chi connectivity index (χ1) is 14.4. The molecule has 0 aliphatic rings. The van der Waals surface area contributed by atoms with Crippen molar-refractivity contribution in [1.82, 2.24) is 0 Å². The number of hydrogen-bond donors (Lipinski definition) is 0. The van der Waals surface area contributed by atoms with Crippen LogP contribution in [0, 0.1) is 0 Å². The fourth-order valence-corrected chi connectivity index (χ4v) is 4.45. The molecule has 30 heavy (non-hydrogen) atoms. The van der Waals surface area contributed by atoms with Crippen molar-refractivity contribution in [3.8, 4) is 17.2 Å². The Kier molecular flexibility index (Phi) is 8.55. The first-order valence-electron chi connectivity index (χ1n) is 9.84. The van der Waals surface area contributed by atoms with E-state index in [1.165, 1.54) is 33.5 Å². The predicted octanol–water partition coefficient (Wildman–Crippen LogP) is 5.08. The maximum Gasteiger partial charge on any atom is 0.420 e. The van der Waals surface area contributed by atoms with Gasteiger partial charge in [-0.1, -0.05) is 36.6 Å². The van der Waals surface area contributed by atoms with Crippen LogP contribution in [0.3, 0.4) is 0 Å². The average molecular weight is 431 g/mol. The molecule has 0 amide bonds. The van der Waals surface area contributed by atoms with E-state index in [0.29, 0.717) is 11.3 Å². The van der Waals surface area contributed by atoms with E-state index in [9.17, 15) is 14.2 Å². The Morgan fingerprint density at radius 3 is 1.83 bits per heavy atom. The molecule has 0 aromatic heterocycles. The summed E-state index contributed by atoms with van der Waals surface area (Å²) >= 11 is 0. The zero-order chi connectivity index (χ0) is 22.3. The highest BCUT2D eigenvalue weighted by Crippen LogP contribution is 2.40. The summed E-state index contributed by atoms with van der Waals surface area (Å²) in [6, 6.07) is 8.89. The molecule has 6 nitrogen and oxygen atoms in total. The van der Waals surface area contributed by atoms with Crippen molar-refractivity contribution in [2.24, 2.45) is 0 Å². The molecule has 0 saturated carbocycles. The largest absolute Gasteiger partial charge is 0.496 e. The van der Waals surface area contributed by atoms with Crippen molar-refractivity contribution in [3.05, 3.63) is 52.6 Å². The molecule has 0 bridgehead atoms. The van der Waals surface area contributed by atoms with Gasteiger partial charge in [0.25, 0.3) is 0 Å². The molecule has 0 fully saturated rings. The normalized spacial score (nSPS) is 11.0. The monoisotopic (exact) mass is 431 g/mol. The molecule has 2 rings (SSSR count). The first-order valence-corrected chi connectivity index (χ1v) is 11.3. The summed E-state index contributed by atoms with van der Waals surface area (Å²) in [7, 11) is 1.97. The van der Waals surface area contributed by atoms with Gasteiger partial charge in [-0.3, -0.25) is 4.79 Å². The maximum atomic E-state index is 12.9. The van der Waals surface area contributed by atoms with Crippen LogP contribution >= 0.6 is 7.80 Å². The number of rotatable bonds is 11. The third-order valence-corrected chi connectivity index (χ3v) is 6.28. The number of methoxy groups -OCH3 is 3. The Bertz CT molecular complexity index is 903. The van der Waals surface area contributed by atoms with Crippen molar-refractivity contribution in [2.45, 2.75) is 33.1 Å². The van der Waals surface area contributed by atoms with Crippen LogP contribution in [0.1, 0.15) is 52.1 Å². The molecule has 2 aromatic carbocycles. The minimum absolute atomic E-state index is 0.0335. The van der Waals surface area contributed by atoms with Crippen LogP contribution in [-0.4, -0.2) is 38.8 Å². The van der Waals surface area contributed by atoms with E-state index in [4.69, 9.17) is 14.2 Å². The highest BCUT2D eigenvalue weighted by Gasteiger charge is 2.36. The van der Waals surface area contributed by atoms with E-state index < -0.39 is 13.3 Å². The Balaban J connectivity index is 2.24. The van der Waals surface area contributed by atoms with Crippen molar-refractivity contribution in [2.75, 3.05) is 27.5 Å². The molecule has 1 atom stereocenters. The minimum atomic E-state index is -2.34. The van der Waals surface area contributed by atoms with Gasteiger partial charge < -0.3 is 14.2 Å². The Morgan fingerprint density at radius 1 is 0.867 bits per heavy atom. The Labute approximate surface area is 178 Å². The molecule has 0 saturated heterocycles. The van der Waals surface area contributed by atoms with Gasteiger partial charge in [-0.25, -0.2) is 4.79 Å². The van der Waals surface area contributed by atoms with Crippen LogP contribution in [0.25, 0.3) is 0 Å². The summed E-state index contributed by atoms with van der Waals surface area (Å²) in [4.78, 5) is 25.8. The Morgan fingerprint density at radius 2 is 1.40 bits per heavy atom. The maximum absolute atomic E-state index is 12.9. The number of benzene rings is 2. The molecule has 0 aliphatic carbocycles. The average Bonchev–Trinajstić information content (AvgIpc) is 2.79. The van der Waals surface area contributed by atoms with Gasteiger partial charge in [-0.2, -0.15) is 0 Å². The van der Waals surface area contributed by atoms with Crippen molar-refractivity contribution in [1.29, 1.82) is 0 Å². The van der Waals surface area contributed by atoms with E-state index in [1.807, 2.05) is 32.0 Å². The number of ketones is 1. The number of carbonyl (C=O) groups is 2. The summed E-state index contributed by atoms with van der Waals surface area (Å²) in [6.07, 6.45) is 1.47. The van der Waals surface area contributed by atoms with Gasteiger partial charge in [-0.05, 0) is 24.0 Å². The number of carbonyl (C=O) groups excluding carboxylic acids is 2. The molecule has 0 radical (unpaired) electrons. The second kappa shape index (κ2) is 10.9. The summed E-state index contributed by atoms with van der Waals surface area (Å²) in [6.45, 7) is 4.00. The topological polar surface area (TPSA) is 78.9 Å². The van der Waals surface area contributed by atoms with Gasteiger partial charge >= 0.3 is 13.3 Å². The SMILES string of the molecule is CCc1cccc(CC)c1C(=O)CC[P+](=O)C(=O)c1c(OC)cc(OC)cc1OC. The molecule has 160 valence electrons. The number of ether oxygens (including phenoxy) is 3. The lowest BCUT2D eigenvalue weighted by Crippen LogP contribution is -2.10. The van der Waals surface area contributed by atoms with Gasteiger partial charge in [-0.15, -0.1) is 0 Å². The summed E-state index contributed by atoms with van der Waals surface area (Å²) < 4.78 is 28.5. The van der Waals surface area contributed by atoms with E-state index in [1.54, 1.807) is 0 Å². The number of Topliss-reactive ketones (excluding diaryl/α,β-unsaturated/α-hetero) is 1. The minimum Gasteiger partial charge on any atom is -0.496 e. The van der Waals surface area contributed by atoms with Crippen LogP contribution in [-0.2, 0) is 17.4 Å². The van der Waals surface area contributed by atoms with Crippen molar-refractivity contribution < 1.29 is 28.4 Å². The van der Waals surface area contributed by atoms with Gasteiger partial charge in [0.15, 0.2) is 17.5 Å². The van der Waals surface area contributed by atoms with E-state index in [-0.39, 0.29) is 35.4 Å². The lowest BCUT2D eigenvalue weighted by Gasteiger charge is -2.11. The highest BCUT2D eigenvalue weighted by molar-refractivity contribution is 7.64. The Hall–Kier alpha value is -2.72. The summed E-state index contributed by atoms with van der Waals surface area (Å²) in [5.41, 5.74) is 2.13. The summed E-state index contributed by atoms with van der Waals surface area (Å²) in [5.74, 6) is 0.800. The van der Waals surface area contributed by atoms with Crippen molar-refractivity contribution >= 4 is 19.1 Å². The quantitative estimate of drug-likeness (QED) is 0.365. The fraction of sp³-hybridized carbons (Fsp3) is 0.391. The third-order valence-electron chi connectivity index (χ3n) is 4.98. The molecule has 0 spiro atoms. The van der Waals surface area contributed by atoms with E-state index >= 15 is 0 Å². The lowest BCUT2D eigenvalue weighted by atomic mass is 9.93. The van der Waals surface area contributed by atoms with Crippen molar-refractivity contribution in [3.63, 3.8) is 0 Å². The summed E-state index contributed by atoms with van der Waals surface area (Å²) in [5, 5.41) is 0. The van der Waals surface area contributed by atoms with Gasteiger partial charge in [0.2, 0.25) is 0 Å². The molecule has 1 unspecified atom stereocenters. The molecule has 2 aromatic rings. The standard InChI is InChI=1S/C23H28O6P/c1-6-15-9-8-10-16(7-2)21(15)18(24)11-12-30(26)23(25)22-19(28-4)13-17(27-3)14-20(22)29-5/h8-10,13-14H,6-7,11-12H2,1-5H3/q+1. The van der Waals surface area contributed by atoms with E-state index in [2.05, 4.69) is 0 Å². The first kappa shape index (κ1) is 23.6. The molecular formula is C23H28O6P+. The third kappa shape index (κ3) is 5.06. The molecule has 0 aliphatic heterocycles. The number of aryl methyl sites for hydroxylation is 2. The lowest BCUT2D eigenvalue weighted by molar-refractivity contribution is 0.0987. The van der Waals surface area contributed by atoms with Crippen LogP contribution < -0.4 is 14.2 Å². The molecule has 7 heteroatoms. The molecular weight excluding hydrogens is 403 g/mol.